The fourth-order valence-corrected chi connectivity index (χ4v) is 3.37. The molecule has 1 unspecified atom stereocenters. The topological polar surface area (TPSA) is 15.3 Å². The van der Waals surface area contributed by atoms with E-state index in [0.717, 1.165) is 18.0 Å². The maximum atomic E-state index is 3.89. The van der Waals surface area contributed by atoms with Gasteiger partial charge in [0.25, 0.3) is 0 Å². The van der Waals surface area contributed by atoms with Gasteiger partial charge in [-0.05, 0) is 65.1 Å². The number of nitrogens with zero attached hydrogens (tertiary/aromatic N) is 1. The van der Waals surface area contributed by atoms with Crippen LogP contribution in [0.5, 0.6) is 0 Å². The highest BCUT2D eigenvalue weighted by atomic mass is 15.1. The Kier molecular flexibility index (Phi) is 4.66. The number of hydrogen-bond donors (Lipinski definition) is 1. The zero-order valence-corrected chi connectivity index (χ0v) is 11.0. The number of nitrogens with one attached hydrogen (secondary N) is 1. The molecule has 1 aliphatic heterocycles. The first-order valence-corrected chi connectivity index (χ1v) is 7.20. The molecule has 1 heterocycles. The first kappa shape index (κ1) is 12.4. The minimum atomic E-state index is 0.746. The molecule has 1 saturated heterocycles. The van der Waals surface area contributed by atoms with Crippen LogP contribution in [0.4, 0.5) is 0 Å². The molecule has 2 fully saturated rings. The molecule has 0 aromatic heterocycles. The Hall–Kier alpha value is -0.0800. The van der Waals surface area contributed by atoms with Crippen LogP contribution in [-0.4, -0.2) is 37.1 Å². The van der Waals surface area contributed by atoms with Gasteiger partial charge in [-0.2, -0.15) is 0 Å². The molecule has 1 saturated carbocycles. The van der Waals surface area contributed by atoms with E-state index in [-0.39, 0.29) is 0 Å². The van der Waals surface area contributed by atoms with Crippen LogP contribution < -0.4 is 5.32 Å². The summed E-state index contributed by atoms with van der Waals surface area (Å²) in [7, 11) is 2.25. The summed E-state index contributed by atoms with van der Waals surface area (Å²) in [6.45, 7) is 4.97. The highest BCUT2D eigenvalue weighted by Gasteiger charge is 2.24. The zero-order valence-electron chi connectivity index (χ0n) is 11.0. The molecule has 1 N–H and O–H groups in total. The predicted molar refractivity (Wildman–Crippen MR) is 69.7 cm³/mol. The van der Waals surface area contributed by atoms with E-state index in [1.54, 1.807) is 0 Å². The van der Waals surface area contributed by atoms with Gasteiger partial charge in [0, 0.05) is 12.1 Å². The molecule has 0 aromatic carbocycles. The average Bonchev–Trinajstić information content (AvgIpc) is 2.72. The number of hydrogen-bond acceptors (Lipinski definition) is 2. The summed E-state index contributed by atoms with van der Waals surface area (Å²) in [5.41, 5.74) is 0. The molecule has 2 nitrogen and oxygen atoms in total. The number of rotatable bonds is 3. The van der Waals surface area contributed by atoms with Crippen molar-refractivity contribution < 1.29 is 0 Å². The Bertz CT molecular complexity index is 199. The molecule has 16 heavy (non-hydrogen) atoms. The second kappa shape index (κ2) is 6.02. The van der Waals surface area contributed by atoms with E-state index in [1.807, 2.05) is 0 Å². The summed E-state index contributed by atoms with van der Waals surface area (Å²) in [4.78, 5) is 2.47. The molecule has 2 aliphatic rings. The van der Waals surface area contributed by atoms with Crippen molar-refractivity contribution in [2.45, 2.75) is 64.0 Å². The molecular weight excluding hydrogens is 196 g/mol. The molecule has 2 atom stereocenters. The van der Waals surface area contributed by atoms with Crippen LogP contribution in [0.1, 0.15) is 51.9 Å². The summed E-state index contributed by atoms with van der Waals surface area (Å²) in [5.74, 6) is 0.959. The van der Waals surface area contributed by atoms with Crippen molar-refractivity contribution in [1.82, 2.24) is 10.2 Å². The Morgan fingerprint density at radius 1 is 1.00 bits per heavy atom. The predicted octanol–water partition coefficient (Wildman–Crippen LogP) is 2.64. The summed E-state index contributed by atoms with van der Waals surface area (Å²) in [5, 5.41) is 3.89. The van der Waals surface area contributed by atoms with E-state index in [4.69, 9.17) is 0 Å². The summed E-state index contributed by atoms with van der Waals surface area (Å²) in [6, 6.07) is 1.52. The standard InChI is InChI=1S/C14H28N2/c1-12(13-6-3-4-7-13)15-14-8-5-10-16(2)11-9-14/h12-15H,3-11H2,1-2H3/t12-,14?/m1/s1. The van der Waals surface area contributed by atoms with Crippen LogP contribution >= 0.6 is 0 Å². The monoisotopic (exact) mass is 224 g/mol. The van der Waals surface area contributed by atoms with Crippen molar-refractivity contribution in [3.63, 3.8) is 0 Å². The third kappa shape index (κ3) is 3.46. The molecule has 2 heteroatoms. The Morgan fingerprint density at radius 3 is 2.50 bits per heavy atom. The van der Waals surface area contributed by atoms with Gasteiger partial charge in [0.1, 0.15) is 0 Å². The van der Waals surface area contributed by atoms with E-state index in [0.29, 0.717) is 0 Å². The Labute approximate surface area is 101 Å². The first-order valence-electron chi connectivity index (χ1n) is 7.20. The van der Waals surface area contributed by atoms with Crippen molar-refractivity contribution >= 4 is 0 Å². The van der Waals surface area contributed by atoms with Crippen LogP contribution in [0, 0.1) is 5.92 Å². The molecule has 0 spiro atoms. The van der Waals surface area contributed by atoms with Gasteiger partial charge >= 0.3 is 0 Å². The molecular formula is C14H28N2. The molecule has 2 rings (SSSR count). The molecule has 0 aromatic rings. The smallest absolute Gasteiger partial charge is 0.00823 e. The van der Waals surface area contributed by atoms with Gasteiger partial charge in [-0.25, -0.2) is 0 Å². The number of likely N-dealkylation sites (tertiary alicyclic amines) is 1. The van der Waals surface area contributed by atoms with Crippen molar-refractivity contribution in [3.05, 3.63) is 0 Å². The fourth-order valence-electron chi connectivity index (χ4n) is 3.37. The molecule has 0 amide bonds. The third-order valence-electron chi connectivity index (χ3n) is 4.56. The minimum absolute atomic E-state index is 0.746. The molecule has 94 valence electrons. The van der Waals surface area contributed by atoms with Crippen LogP contribution in [0.3, 0.4) is 0 Å². The van der Waals surface area contributed by atoms with Gasteiger partial charge in [-0.3, -0.25) is 0 Å². The lowest BCUT2D eigenvalue weighted by Crippen LogP contribution is -2.40. The maximum absolute atomic E-state index is 3.89. The SMILES string of the molecule is C[C@@H](NC1CCCN(C)CC1)C1CCCC1. The lowest BCUT2D eigenvalue weighted by Gasteiger charge is -2.26. The van der Waals surface area contributed by atoms with Crippen LogP contribution in [0.25, 0.3) is 0 Å². The molecule has 0 radical (unpaired) electrons. The highest BCUT2D eigenvalue weighted by Crippen LogP contribution is 2.28. The van der Waals surface area contributed by atoms with Crippen LogP contribution in [-0.2, 0) is 0 Å². The van der Waals surface area contributed by atoms with E-state index in [2.05, 4.69) is 24.2 Å². The van der Waals surface area contributed by atoms with Crippen LogP contribution in [0.15, 0.2) is 0 Å². The molecule has 0 bridgehead atoms. The van der Waals surface area contributed by atoms with Gasteiger partial charge in [0.05, 0.1) is 0 Å². The fraction of sp³-hybridized carbons (Fsp3) is 1.00. The quantitative estimate of drug-likeness (QED) is 0.793. The normalized spacial score (nSPS) is 31.5. The summed E-state index contributed by atoms with van der Waals surface area (Å²) in [6.07, 6.45) is 9.93. The second-order valence-corrected chi connectivity index (χ2v) is 5.93. The van der Waals surface area contributed by atoms with Gasteiger partial charge in [-0.15, -0.1) is 0 Å². The van der Waals surface area contributed by atoms with E-state index >= 15 is 0 Å². The summed E-state index contributed by atoms with van der Waals surface area (Å²) >= 11 is 0. The summed E-state index contributed by atoms with van der Waals surface area (Å²) < 4.78 is 0. The van der Waals surface area contributed by atoms with Gasteiger partial charge < -0.3 is 10.2 Å². The van der Waals surface area contributed by atoms with Crippen molar-refractivity contribution in [2.75, 3.05) is 20.1 Å². The van der Waals surface area contributed by atoms with E-state index in [9.17, 15) is 0 Å². The highest BCUT2D eigenvalue weighted by molar-refractivity contribution is 4.82. The van der Waals surface area contributed by atoms with Gasteiger partial charge in [0.2, 0.25) is 0 Å². The van der Waals surface area contributed by atoms with Crippen molar-refractivity contribution in [1.29, 1.82) is 0 Å². The van der Waals surface area contributed by atoms with Crippen molar-refractivity contribution in [3.8, 4) is 0 Å². The van der Waals surface area contributed by atoms with Gasteiger partial charge in [0.15, 0.2) is 0 Å². The Balaban J connectivity index is 1.74. The first-order chi connectivity index (χ1) is 7.75. The minimum Gasteiger partial charge on any atom is -0.311 e. The maximum Gasteiger partial charge on any atom is 0.00823 e. The van der Waals surface area contributed by atoms with Crippen LogP contribution in [0.2, 0.25) is 0 Å². The Morgan fingerprint density at radius 2 is 1.75 bits per heavy atom. The second-order valence-electron chi connectivity index (χ2n) is 5.93. The van der Waals surface area contributed by atoms with Gasteiger partial charge in [-0.1, -0.05) is 12.8 Å². The van der Waals surface area contributed by atoms with Crippen molar-refractivity contribution in [2.24, 2.45) is 5.92 Å². The van der Waals surface area contributed by atoms with E-state index in [1.165, 1.54) is 58.0 Å². The van der Waals surface area contributed by atoms with E-state index < -0.39 is 0 Å². The molecule has 1 aliphatic carbocycles. The largest absolute Gasteiger partial charge is 0.311 e. The third-order valence-corrected chi connectivity index (χ3v) is 4.56. The lowest BCUT2D eigenvalue weighted by molar-refractivity contribution is 0.313. The lowest BCUT2D eigenvalue weighted by atomic mass is 9.97. The zero-order chi connectivity index (χ0) is 11.4. The average molecular weight is 224 g/mol.